The fraction of sp³-hybridized carbons (Fsp3) is 0.308. The Morgan fingerprint density at radius 1 is 1.45 bits per heavy atom. The molecule has 6 nitrogen and oxygen atoms in total. The minimum absolute atomic E-state index is 0.132. The van der Waals surface area contributed by atoms with E-state index in [0.29, 0.717) is 16.6 Å². The lowest BCUT2D eigenvalue weighted by atomic mass is 10.2. The van der Waals surface area contributed by atoms with Gasteiger partial charge in [0.25, 0.3) is 5.69 Å². The molecule has 0 bridgehead atoms. The molecule has 0 atom stereocenters. The summed E-state index contributed by atoms with van der Waals surface area (Å²) >= 11 is 3.25. The van der Waals surface area contributed by atoms with Crippen LogP contribution in [0, 0.1) is 10.1 Å². The summed E-state index contributed by atoms with van der Waals surface area (Å²) in [5.74, 6) is 0. The first kappa shape index (κ1) is 14.7. The number of rotatable bonds is 6. The lowest BCUT2D eigenvalue weighted by Crippen LogP contribution is -2.18. The van der Waals surface area contributed by atoms with Crippen molar-refractivity contribution in [1.29, 1.82) is 0 Å². The van der Waals surface area contributed by atoms with Crippen molar-refractivity contribution in [2.45, 2.75) is 13.0 Å². The number of hydrogen-bond acceptors (Lipinski definition) is 4. The van der Waals surface area contributed by atoms with E-state index in [0.717, 1.165) is 18.7 Å². The van der Waals surface area contributed by atoms with Gasteiger partial charge in [0.05, 0.1) is 4.92 Å². The van der Waals surface area contributed by atoms with Gasteiger partial charge in [0, 0.05) is 54.6 Å². The molecule has 0 aliphatic heterocycles. The summed E-state index contributed by atoms with van der Waals surface area (Å²) in [4.78, 5) is 10.6. The van der Waals surface area contributed by atoms with Crippen molar-refractivity contribution >= 4 is 21.6 Å². The van der Waals surface area contributed by atoms with Crippen LogP contribution in [0.25, 0.3) is 0 Å². The molecule has 0 fully saturated rings. The van der Waals surface area contributed by atoms with Crippen molar-refractivity contribution in [3.8, 4) is 0 Å². The van der Waals surface area contributed by atoms with Crippen LogP contribution in [-0.4, -0.2) is 21.2 Å². The highest BCUT2D eigenvalue weighted by Gasteiger charge is 2.13. The van der Waals surface area contributed by atoms with Crippen LogP contribution in [0.5, 0.6) is 0 Å². The summed E-state index contributed by atoms with van der Waals surface area (Å²) in [6, 6.07) is 7.06. The van der Waals surface area contributed by atoms with Gasteiger partial charge in [-0.25, -0.2) is 0 Å². The monoisotopic (exact) mass is 338 g/mol. The average Bonchev–Trinajstić information content (AvgIpc) is 2.81. The fourth-order valence-electron chi connectivity index (χ4n) is 1.94. The van der Waals surface area contributed by atoms with Gasteiger partial charge in [-0.1, -0.05) is 15.9 Å². The molecule has 106 valence electrons. The number of aromatic nitrogens is 2. The maximum Gasteiger partial charge on any atom is 0.275 e. The number of nitrogens with zero attached hydrogens (tertiary/aromatic N) is 3. The highest BCUT2D eigenvalue weighted by atomic mass is 79.9. The molecule has 0 radical (unpaired) electrons. The minimum atomic E-state index is -0.358. The molecule has 1 N–H and O–H groups in total. The Labute approximate surface area is 125 Å². The average molecular weight is 339 g/mol. The second-order valence-electron chi connectivity index (χ2n) is 4.40. The van der Waals surface area contributed by atoms with E-state index in [1.807, 2.05) is 23.9 Å². The number of nitrogens with one attached hydrogen (secondary N) is 1. The summed E-state index contributed by atoms with van der Waals surface area (Å²) in [6.45, 7) is 1.22. The Morgan fingerprint density at radius 2 is 2.25 bits per heavy atom. The lowest BCUT2D eigenvalue weighted by molar-refractivity contribution is -0.385. The van der Waals surface area contributed by atoms with Crippen molar-refractivity contribution in [2.24, 2.45) is 7.05 Å². The molecule has 0 aliphatic rings. The molecule has 1 heterocycles. The third-order valence-electron chi connectivity index (χ3n) is 3.04. The molecule has 0 aliphatic carbocycles. The maximum atomic E-state index is 11.0. The van der Waals surface area contributed by atoms with Crippen LogP contribution in [0.2, 0.25) is 0 Å². The molecule has 1 aromatic heterocycles. The number of nitro benzene ring substituents is 1. The van der Waals surface area contributed by atoms with Crippen LogP contribution in [0.1, 0.15) is 11.3 Å². The largest absolute Gasteiger partial charge is 0.312 e. The number of benzene rings is 1. The third kappa shape index (κ3) is 3.64. The molecular weight excluding hydrogens is 324 g/mol. The van der Waals surface area contributed by atoms with Crippen LogP contribution >= 0.6 is 15.9 Å². The summed E-state index contributed by atoms with van der Waals surface area (Å²) < 4.78 is 2.53. The fourth-order valence-corrected chi connectivity index (χ4v) is 2.29. The molecule has 2 aromatic rings. The smallest absolute Gasteiger partial charge is 0.275 e. The first-order chi connectivity index (χ1) is 9.58. The zero-order valence-corrected chi connectivity index (χ0v) is 12.6. The molecular formula is C13H15BrN4O2. The quantitative estimate of drug-likeness (QED) is 0.498. The minimum Gasteiger partial charge on any atom is -0.312 e. The van der Waals surface area contributed by atoms with E-state index in [1.165, 1.54) is 6.07 Å². The predicted octanol–water partition coefficient (Wildman–Crippen LogP) is 2.42. The second kappa shape index (κ2) is 6.62. The number of aryl methyl sites for hydroxylation is 1. The van der Waals surface area contributed by atoms with Crippen LogP contribution < -0.4 is 5.32 Å². The van der Waals surface area contributed by atoms with Crippen molar-refractivity contribution < 1.29 is 4.92 Å². The highest BCUT2D eigenvalue weighted by molar-refractivity contribution is 9.10. The molecule has 1 aromatic carbocycles. The molecule has 0 spiro atoms. The van der Waals surface area contributed by atoms with E-state index in [1.54, 1.807) is 12.3 Å². The Balaban J connectivity index is 1.91. The summed E-state index contributed by atoms with van der Waals surface area (Å²) in [5.41, 5.74) is 1.94. The maximum absolute atomic E-state index is 11.0. The summed E-state index contributed by atoms with van der Waals surface area (Å²) in [7, 11) is 1.90. The Bertz CT molecular complexity index is 612. The van der Waals surface area contributed by atoms with Crippen molar-refractivity contribution in [3.63, 3.8) is 0 Å². The van der Waals surface area contributed by atoms with Crippen molar-refractivity contribution in [1.82, 2.24) is 15.1 Å². The van der Waals surface area contributed by atoms with Crippen molar-refractivity contribution in [3.05, 3.63) is 56.3 Å². The zero-order valence-electron chi connectivity index (χ0n) is 11.0. The van der Waals surface area contributed by atoms with Crippen LogP contribution in [0.15, 0.2) is 34.9 Å². The van der Waals surface area contributed by atoms with Gasteiger partial charge in [-0.05, 0) is 18.2 Å². The van der Waals surface area contributed by atoms with Gasteiger partial charge < -0.3 is 5.32 Å². The van der Waals surface area contributed by atoms with Gasteiger partial charge in [-0.15, -0.1) is 0 Å². The Kier molecular flexibility index (Phi) is 4.86. The molecule has 0 saturated heterocycles. The lowest BCUT2D eigenvalue weighted by Gasteiger charge is -2.06. The first-order valence-corrected chi connectivity index (χ1v) is 6.97. The molecule has 7 heteroatoms. The van der Waals surface area contributed by atoms with Gasteiger partial charge >= 0.3 is 0 Å². The zero-order chi connectivity index (χ0) is 14.5. The Hall–Kier alpha value is -1.73. The first-order valence-electron chi connectivity index (χ1n) is 6.18. The number of halogens is 1. The third-order valence-corrected chi connectivity index (χ3v) is 3.53. The van der Waals surface area contributed by atoms with Crippen LogP contribution in [0.4, 0.5) is 5.69 Å². The topological polar surface area (TPSA) is 73.0 Å². The summed E-state index contributed by atoms with van der Waals surface area (Å²) in [5, 5.41) is 18.3. The molecule has 2 rings (SSSR count). The van der Waals surface area contributed by atoms with Gasteiger partial charge in [-0.3, -0.25) is 14.8 Å². The van der Waals surface area contributed by atoms with E-state index in [9.17, 15) is 10.1 Å². The SMILES string of the molecule is Cn1nccc1CCNCc1ccc(Br)cc1[N+](=O)[O-]. The van der Waals surface area contributed by atoms with Crippen molar-refractivity contribution in [2.75, 3.05) is 6.54 Å². The number of nitro groups is 1. The van der Waals surface area contributed by atoms with E-state index in [2.05, 4.69) is 26.3 Å². The normalized spacial score (nSPS) is 10.7. The van der Waals surface area contributed by atoms with Gasteiger partial charge in [0.15, 0.2) is 0 Å². The van der Waals surface area contributed by atoms with E-state index < -0.39 is 0 Å². The van der Waals surface area contributed by atoms with Gasteiger partial charge in [0.2, 0.25) is 0 Å². The molecule has 20 heavy (non-hydrogen) atoms. The second-order valence-corrected chi connectivity index (χ2v) is 5.32. The van der Waals surface area contributed by atoms with Crippen LogP contribution in [0.3, 0.4) is 0 Å². The standard InChI is InChI=1S/C13H15BrN4O2/c1-17-12(5-7-16-17)4-6-15-9-10-2-3-11(14)8-13(10)18(19)20/h2-3,5,7-8,15H,4,6,9H2,1H3. The number of hydrogen-bond donors (Lipinski definition) is 1. The van der Waals surface area contributed by atoms with Gasteiger partial charge in [0.1, 0.15) is 0 Å². The van der Waals surface area contributed by atoms with E-state index >= 15 is 0 Å². The van der Waals surface area contributed by atoms with E-state index in [4.69, 9.17) is 0 Å². The van der Waals surface area contributed by atoms with Crippen LogP contribution in [-0.2, 0) is 20.0 Å². The molecule has 0 saturated carbocycles. The molecule has 0 amide bonds. The summed E-state index contributed by atoms with van der Waals surface area (Å²) in [6.07, 6.45) is 2.59. The van der Waals surface area contributed by atoms with E-state index in [-0.39, 0.29) is 10.6 Å². The van der Waals surface area contributed by atoms with Gasteiger partial charge in [-0.2, -0.15) is 5.10 Å². The molecule has 0 unspecified atom stereocenters. The predicted molar refractivity (Wildman–Crippen MR) is 79.4 cm³/mol. The highest BCUT2D eigenvalue weighted by Crippen LogP contribution is 2.23. The Morgan fingerprint density at radius 3 is 2.90 bits per heavy atom.